The third-order valence-corrected chi connectivity index (χ3v) is 6.20. The number of hydrogen-bond donors (Lipinski definition) is 1. The zero-order chi connectivity index (χ0) is 19.8. The Balaban J connectivity index is 1.82. The molecule has 0 aliphatic heterocycles. The van der Waals surface area contributed by atoms with Crippen LogP contribution in [0.2, 0.25) is 5.02 Å². The number of aromatic nitrogens is 2. The van der Waals surface area contributed by atoms with Gasteiger partial charge in [0.15, 0.2) is 0 Å². The van der Waals surface area contributed by atoms with Crippen molar-refractivity contribution in [1.29, 1.82) is 0 Å². The summed E-state index contributed by atoms with van der Waals surface area (Å²) in [6.07, 6.45) is 0.437. The van der Waals surface area contributed by atoms with E-state index in [0.717, 1.165) is 20.5 Å². The molecular weight excluding hydrogens is 394 g/mol. The molecule has 2 heterocycles. The van der Waals surface area contributed by atoms with Gasteiger partial charge < -0.3 is 5.32 Å². The SMILES string of the molecule is CC[C@H](C(=O)Nc1cccc(Cl)c1)n1nc(C)c2sc3ccccc3c2c1=O. The first-order chi connectivity index (χ1) is 13.5. The molecule has 1 amide bonds. The van der Waals surface area contributed by atoms with Gasteiger partial charge in [-0.15, -0.1) is 11.3 Å². The van der Waals surface area contributed by atoms with Crippen molar-refractivity contribution in [2.24, 2.45) is 0 Å². The number of benzene rings is 2. The lowest BCUT2D eigenvalue weighted by atomic mass is 10.1. The molecule has 0 aliphatic rings. The molecule has 1 N–H and O–H groups in total. The van der Waals surface area contributed by atoms with Crippen molar-refractivity contribution in [3.63, 3.8) is 0 Å². The van der Waals surface area contributed by atoms with Gasteiger partial charge in [0.2, 0.25) is 5.91 Å². The van der Waals surface area contributed by atoms with Gasteiger partial charge in [-0.25, -0.2) is 4.68 Å². The molecule has 0 fully saturated rings. The number of thiophene rings is 1. The van der Waals surface area contributed by atoms with Crippen LogP contribution < -0.4 is 10.9 Å². The highest BCUT2D eigenvalue weighted by atomic mass is 35.5. The molecule has 0 unspecified atom stereocenters. The Bertz CT molecular complexity index is 1260. The van der Waals surface area contributed by atoms with Gasteiger partial charge in [0.25, 0.3) is 5.56 Å². The number of fused-ring (bicyclic) bond motifs is 3. The summed E-state index contributed by atoms with van der Waals surface area (Å²) >= 11 is 7.55. The zero-order valence-electron chi connectivity index (χ0n) is 15.4. The standard InChI is InChI=1S/C21H18ClN3O2S/c1-3-16(20(26)23-14-8-6-7-13(22)11-14)25-21(27)18-15-9-4-5-10-17(15)28-19(18)12(2)24-25/h4-11,16H,3H2,1-2H3,(H,23,26)/t16-/m1/s1. The van der Waals surface area contributed by atoms with E-state index in [2.05, 4.69) is 10.4 Å². The summed E-state index contributed by atoms with van der Waals surface area (Å²) in [6, 6.07) is 14.0. The quantitative estimate of drug-likeness (QED) is 0.504. The fraction of sp³-hybridized carbons (Fsp3) is 0.190. The molecule has 2 aromatic carbocycles. The second kappa shape index (κ2) is 7.37. The largest absolute Gasteiger partial charge is 0.324 e. The van der Waals surface area contributed by atoms with Crippen molar-refractivity contribution in [3.05, 3.63) is 69.6 Å². The average molecular weight is 412 g/mol. The first-order valence-electron chi connectivity index (χ1n) is 8.96. The van der Waals surface area contributed by atoms with Gasteiger partial charge in [-0.3, -0.25) is 9.59 Å². The molecule has 1 atom stereocenters. The Morgan fingerprint density at radius 3 is 2.79 bits per heavy atom. The topological polar surface area (TPSA) is 64.0 Å². The number of carbonyl (C=O) groups excluding carboxylic acids is 1. The number of nitrogens with zero attached hydrogens (tertiary/aromatic N) is 2. The summed E-state index contributed by atoms with van der Waals surface area (Å²) < 4.78 is 3.22. The molecule has 142 valence electrons. The van der Waals surface area contributed by atoms with E-state index in [1.54, 1.807) is 35.6 Å². The molecule has 28 heavy (non-hydrogen) atoms. The van der Waals surface area contributed by atoms with Crippen molar-refractivity contribution >= 4 is 54.7 Å². The normalized spacial score (nSPS) is 12.4. The highest BCUT2D eigenvalue weighted by molar-refractivity contribution is 7.26. The van der Waals surface area contributed by atoms with Crippen molar-refractivity contribution < 1.29 is 4.79 Å². The minimum absolute atomic E-state index is 0.244. The lowest BCUT2D eigenvalue weighted by Crippen LogP contribution is -2.35. The summed E-state index contributed by atoms with van der Waals surface area (Å²) in [5.41, 5.74) is 1.08. The number of amides is 1. The number of nitrogens with one attached hydrogen (secondary N) is 1. The third kappa shape index (κ3) is 3.19. The lowest BCUT2D eigenvalue weighted by Gasteiger charge is -2.17. The first kappa shape index (κ1) is 18.7. The fourth-order valence-corrected chi connectivity index (χ4v) is 4.68. The van der Waals surface area contributed by atoms with E-state index >= 15 is 0 Å². The van der Waals surface area contributed by atoms with E-state index in [1.165, 1.54) is 4.68 Å². The van der Waals surface area contributed by atoms with Crippen LogP contribution >= 0.6 is 22.9 Å². The fourth-order valence-electron chi connectivity index (χ4n) is 3.35. The van der Waals surface area contributed by atoms with E-state index in [4.69, 9.17) is 11.6 Å². The van der Waals surface area contributed by atoms with E-state index in [-0.39, 0.29) is 11.5 Å². The molecule has 7 heteroatoms. The van der Waals surface area contributed by atoms with Crippen LogP contribution in [0.1, 0.15) is 25.1 Å². The van der Waals surface area contributed by atoms with Crippen molar-refractivity contribution in [2.45, 2.75) is 26.3 Å². The van der Waals surface area contributed by atoms with Crippen LogP contribution in [0.15, 0.2) is 53.3 Å². The van der Waals surface area contributed by atoms with Gasteiger partial charge in [0.05, 0.1) is 15.8 Å². The van der Waals surface area contributed by atoms with E-state index < -0.39 is 6.04 Å². The average Bonchev–Trinajstić information content (AvgIpc) is 3.07. The molecule has 0 spiro atoms. The Kier molecular flexibility index (Phi) is 4.91. The van der Waals surface area contributed by atoms with Crippen molar-refractivity contribution in [2.75, 3.05) is 5.32 Å². The van der Waals surface area contributed by atoms with Crippen LogP contribution in [0.5, 0.6) is 0 Å². The molecule has 0 bridgehead atoms. The Labute approximate surface area is 170 Å². The smallest absolute Gasteiger partial charge is 0.276 e. The van der Waals surface area contributed by atoms with Gasteiger partial charge in [-0.05, 0) is 37.6 Å². The van der Waals surface area contributed by atoms with Gasteiger partial charge in [0, 0.05) is 20.8 Å². The molecule has 4 aromatic rings. The van der Waals surface area contributed by atoms with Crippen LogP contribution in [0.3, 0.4) is 0 Å². The maximum absolute atomic E-state index is 13.3. The molecule has 5 nitrogen and oxygen atoms in total. The molecule has 0 saturated carbocycles. The molecule has 2 aromatic heterocycles. The predicted molar refractivity (Wildman–Crippen MR) is 116 cm³/mol. The van der Waals surface area contributed by atoms with Gasteiger partial charge in [0.1, 0.15) is 6.04 Å². The van der Waals surface area contributed by atoms with Gasteiger partial charge in [-0.1, -0.05) is 42.8 Å². The molecule has 0 radical (unpaired) electrons. The molecule has 0 saturated heterocycles. The minimum Gasteiger partial charge on any atom is -0.324 e. The number of aryl methyl sites for hydroxylation is 1. The second-order valence-electron chi connectivity index (χ2n) is 6.56. The van der Waals surface area contributed by atoms with Gasteiger partial charge in [-0.2, -0.15) is 5.10 Å². The summed E-state index contributed by atoms with van der Waals surface area (Å²) in [7, 11) is 0. The van der Waals surface area contributed by atoms with Crippen LogP contribution in [0, 0.1) is 6.92 Å². The second-order valence-corrected chi connectivity index (χ2v) is 8.05. The number of anilines is 1. The maximum atomic E-state index is 13.3. The van der Waals surface area contributed by atoms with E-state index in [9.17, 15) is 9.59 Å². The summed E-state index contributed by atoms with van der Waals surface area (Å²) in [5.74, 6) is -0.294. The molecule has 0 aliphatic carbocycles. The summed E-state index contributed by atoms with van der Waals surface area (Å²) in [6.45, 7) is 3.73. The monoisotopic (exact) mass is 411 g/mol. The number of halogens is 1. The lowest BCUT2D eigenvalue weighted by molar-refractivity contribution is -0.119. The Hall–Kier alpha value is -2.70. The van der Waals surface area contributed by atoms with E-state index in [1.807, 2.05) is 38.1 Å². The van der Waals surface area contributed by atoms with Crippen LogP contribution in [0.25, 0.3) is 20.2 Å². The summed E-state index contributed by atoms with van der Waals surface area (Å²) in [4.78, 5) is 26.2. The molecule has 4 rings (SSSR count). The Morgan fingerprint density at radius 2 is 2.04 bits per heavy atom. The maximum Gasteiger partial charge on any atom is 0.276 e. The van der Waals surface area contributed by atoms with Crippen LogP contribution in [-0.4, -0.2) is 15.7 Å². The van der Waals surface area contributed by atoms with E-state index in [0.29, 0.717) is 22.5 Å². The minimum atomic E-state index is -0.715. The number of rotatable bonds is 4. The number of carbonyl (C=O) groups is 1. The zero-order valence-corrected chi connectivity index (χ0v) is 17.0. The molecular formula is C21H18ClN3O2S. The summed E-state index contributed by atoms with van der Waals surface area (Å²) in [5, 5.41) is 9.37. The van der Waals surface area contributed by atoms with Crippen LogP contribution in [0.4, 0.5) is 5.69 Å². The third-order valence-electron chi connectivity index (χ3n) is 4.68. The van der Waals surface area contributed by atoms with Crippen molar-refractivity contribution in [3.8, 4) is 0 Å². The van der Waals surface area contributed by atoms with Gasteiger partial charge >= 0.3 is 0 Å². The highest BCUT2D eigenvalue weighted by Crippen LogP contribution is 2.33. The van der Waals surface area contributed by atoms with Crippen LogP contribution in [-0.2, 0) is 4.79 Å². The number of hydrogen-bond acceptors (Lipinski definition) is 4. The van der Waals surface area contributed by atoms with Crippen molar-refractivity contribution in [1.82, 2.24) is 9.78 Å². The highest BCUT2D eigenvalue weighted by Gasteiger charge is 2.24. The predicted octanol–water partition coefficient (Wildman–Crippen LogP) is 5.16. The Morgan fingerprint density at radius 1 is 1.25 bits per heavy atom. The first-order valence-corrected chi connectivity index (χ1v) is 10.2.